The van der Waals surface area contributed by atoms with Crippen LogP contribution in [0.2, 0.25) is 5.02 Å². The average molecular weight is 430 g/mol. The molecule has 0 unspecified atom stereocenters. The fourth-order valence-corrected chi connectivity index (χ4v) is 3.84. The third-order valence-corrected chi connectivity index (χ3v) is 5.61. The van der Waals surface area contributed by atoms with Gasteiger partial charge in [-0.2, -0.15) is 0 Å². The van der Waals surface area contributed by atoms with Crippen molar-refractivity contribution >= 4 is 40.6 Å². The molecule has 2 N–H and O–H groups in total. The molecule has 152 valence electrons. The second-order valence-electron chi connectivity index (χ2n) is 6.66. The number of hydrogen-bond donors (Lipinski definition) is 2. The first-order valence-electron chi connectivity index (χ1n) is 9.37. The van der Waals surface area contributed by atoms with E-state index >= 15 is 0 Å². The molecule has 0 aliphatic heterocycles. The Morgan fingerprint density at radius 1 is 1.14 bits per heavy atom. The van der Waals surface area contributed by atoms with Crippen molar-refractivity contribution in [2.45, 2.75) is 39.0 Å². The molecule has 8 heteroatoms. The van der Waals surface area contributed by atoms with Crippen LogP contribution in [0.15, 0.2) is 47.6 Å². The largest absolute Gasteiger partial charge is 0.378 e. The minimum absolute atomic E-state index is 0.0616. The lowest BCUT2D eigenvalue weighted by molar-refractivity contribution is -0.113. The predicted octanol–water partition coefficient (Wildman–Crippen LogP) is 4.91. The van der Waals surface area contributed by atoms with Crippen molar-refractivity contribution in [3.63, 3.8) is 0 Å². The topological polar surface area (TPSA) is 71.8 Å². The van der Waals surface area contributed by atoms with E-state index in [2.05, 4.69) is 26.9 Å². The molecule has 0 radical (unpaired) electrons. The number of benzene rings is 2. The fraction of sp³-hybridized carbons (Fsp3) is 0.286. The van der Waals surface area contributed by atoms with Crippen molar-refractivity contribution < 1.29 is 4.79 Å². The molecule has 0 saturated carbocycles. The maximum absolute atomic E-state index is 12.4. The monoisotopic (exact) mass is 429 g/mol. The van der Waals surface area contributed by atoms with E-state index in [4.69, 9.17) is 11.6 Å². The number of halogens is 1. The minimum atomic E-state index is -0.0616. The Hall–Kier alpha value is -2.51. The molecule has 0 atom stereocenters. The second-order valence-corrected chi connectivity index (χ2v) is 8.04. The first-order valence-corrected chi connectivity index (χ1v) is 10.7. The van der Waals surface area contributed by atoms with E-state index in [1.165, 1.54) is 17.3 Å². The Balaban J connectivity index is 1.58. The summed E-state index contributed by atoms with van der Waals surface area (Å²) in [5.74, 6) is 1.03. The van der Waals surface area contributed by atoms with Crippen LogP contribution in [-0.2, 0) is 17.9 Å². The lowest BCUT2D eigenvalue weighted by Gasteiger charge is -2.10. The summed E-state index contributed by atoms with van der Waals surface area (Å²) in [5.41, 5.74) is 4.02. The highest BCUT2D eigenvalue weighted by Crippen LogP contribution is 2.20. The van der Waals surface area contributed by atoms with Crippen LogP contribution in [-0.4, -0.2) is 26.4 Å². The summed E-state index contributed by atoms with van der Waals surface area (Å²) >= 11 is 7.30. The number of hydrogen-bond acceptors (Lipinski definition) is 5. The standard InChI is InChI=1S/C21H24ClN5OS/c1-4-27-19(12-23-17-8-6-16(22)7-9-17)25-26-21(27)29-13-20(28)24-18-10-5-14(2)11-15(18)3/h5-11,23H,4,12-13H2,1-3H3,(H,24,28). The average Bonchev–Trinajstić information content (AvgIpc) is 3.10. The number of aromatic nitrogens is 3. The van der Waals surface area contributed by atoms with E-state index in [1.807, 2.05) is 61.7 Å². The van der Waals surface area contributed by atoms with Crippen molar-refractivity contribution in [3.8, 4) is 0 Å². The van der Waals surface area contributed by atoms with Crippen LogP contribution in [0.1, 0.15) is 23.9 Å². The van der Waals surface area contributed by atoms with E-state index in [0.29, 0.717) is 11.6 Å². The van der Waals surface area contributed by atoms with Crippen LogP contribution in [0.3, 0.4) is 0 Å². The first-order chi connectivity index (χ1) is 14.0. The number of amides is 1. The van der Waals surface area contributed by atoms with Crippen LogP contribution in [0.25, 0.3) is 0 Å². The summed E-state index contributed by atoms with van der Waals surface area (Å²) in [7, 11) is 0. The summed E-state index contributed by atoms with van der Waals surface area (Å²) in [6, 6.07) is 13.5. The van der Waals surface area contributed by atoms with E-state index < -0.39 is 0 Å². The van der Waals surface area contributed by atoms with Gasteiger partial charge in [-0.05, 0) is 56.7 Å². The Morgan fingerprint density at radius 2 is 1.90 bits per heavy atom. The first kappa shape index (κ1) is 21.2. The van der Waals surface area contributed by atoms with Gasteiger partial charge in [-0.3, -0.25) is 4.79 Å². The molecule has 3 rings (SSSR count). The van der Waals surface area contributed by atoms with Gasteiger partial charge in [-0.1, -0.05) is 41.1 Å². The van der Waals surface area contributed by atoms with Crippen molar-refractivity contribution in [1.82, 2.24) is 14.8 Å². The number of rotatable bonds is 8. The van der Waals surface area contributed by atoms with Crippen LogP contribution in [0, 0.1) is 13.8 Å². The lowest BCUT2D eigenvalue weighted by Crippen LogP contribution is -2.15. The van der Waals surface area contributed by atoms with E-state index in [0.717, 1.165) is 34.5 Å². The van der Waals surface area contributed by atoms with Crippen LogP contribution in [0.5, 0.6) is 0 Å². The molecule has 1 amide bonds. The molecule has 0 aliphatic carbocycles. The molecule has 0 aliphatic rings. The summed E-state index contributed by atoms with van der Waals surface area (Å²) in [5, 5.41) is 16.2. The molecule has 29 heavy (non-hydrogen) atoms. The Morgan fingerprint density at radius 3 is 2.59 bits per heavy atom. The van der Waals surface area contributed by atoms with E-state index in [-0.39, 0.29) is 11.7 Å². The van der Waals surface area contributed by atoms with Crippen molar-refractivity contribution in [2.75, 3.05) is 16.4 Å². The smallest absolute Gasteiger partial charge is 0.234 e. The third kappa shape index (κ3) is 5.74. The number of nitrogens with one attached hydrogen (secondary N) is 2. The zero-order valence-electron chi connectivity index (χ0n) is 16.7. The molecule has 0 spiro atoms. The van der Waals surface area contributed by atoms with Gasteiger partial charge in [0.1, 0.15) is 0 Å². The molecule has 6 nitrogen and oxygen atoms in total. The molecule has 2 aromatic carbocycles. The van der Waals surface area contributed by atoms with Crippen molar-refractivity contribution in [3.05, 3.63) is 64.4 Å². The minimum Gasteiger partial charge on any atom is -0.378 e. The zero-order valence-corrected chi connectivity index (χ0v) is 18.3. The van der Waals surface area contributed by atoms with Crippen LogP contribution < -0.4 is 10.6 Å². The maximum atomic E-state index is 12.4. The van der Waals surface area contributed by atoms with Crippen LogP contribution >= 0.6 is 23.4 Å². The third-order valence-electron chi connectivity index (χ3n) is 4.39. The summed E-state index contributed by atoms with van der Waals surface area (Å²) in [6.07, 6.45) is 0. The highest BCUT2D eigenvalue weighted by atomic mass is 35.5. The molecule has 0 bridgehead atoms. The Kier molecular flexibility index (Phi) is 7.17. The Bertz CT molecular complexity index is 987. The number of aryl methyl sites for hydroxylation is 2. The highest BCUT2D eigenvalue weighted by Gasteiger charge is 2.13. The number of thioether (sulfide) groups is 1. The van der Waals surface area contributed by atoms with Gasteiger partial charge in [-0.15, -0.1) is 10.2 Å². The van der Waals surface area contributed by atoms with Crippen LogP contribution in [0.4, 0.5) is 11.4 Å². The van der Waals surface area contributed by atoms with Gasteiger partial charge in [0, 0.05) is 22.9 Å². The van der Waals surface area contributed by atoms with Gasteiger partial charge in [0.05, 0.1) is 12.3 Å². The summed E-state index contributed by atoms with van der Waals surface area (Å²) in [4.78, 5) is 12.4. The summed E-state index contributed by atoms with van der Waals surface area (Å²) < 4.78 is 2.01. The predicted molar refractivity (Wildman–Crippen MR) is 120 cm³/mol. The molecule has 1 heterocycles. The number of carbonyl (C=O) groups is 1. The van der Waals surface area contributed by atoms with Crippen molar-refractivity contribution in [2.24, 2.45) is 0 Å². The molecular formula is C21H24ClN5OS. The molecule has 3 aromatic rings. The van der Waals surface area contributed by atoms with Gasteiger partial charge in [0.25, 0.3) is 0 Å². The van der Waals surface area contributed by atoms with E-state index in [9.17, 15) is 4.79 Å². The van der Waals surface area contributed by atoms with Gasteiger partial charge in [0.15, 0.2) is 11.0 Å². The number of anilines is 2. The summed E-state index contributed by atoms with van der Waals surface area (Å²) in [6.45, 7) is 7.33. The fourth-order valence-electron chi connectivity index (χ4n) is 2.89. The van der Waals surface area contributed by atoms with Gasteiger partial charge in [-0.25, -0.2) is 0 Å². The van der Waals surface area contributed by atoms with Crippen molar-refractivity contribution in [1.29, 1.82) is 0 Å². The van der Waals surface area contributed by atoms with Gasteiger partial charge in [0.2, 0.25) is 5.91 Å². The second kappa shape index (κ2) is 9.80. The molecule has 1 aromatic heterocycles. The Labute approximate surface area is 180 Å². The maximum Gasteiger partial charge on any atom is 0.234 e. The highest BCUT2D eigenvalue weighted by molar-refractivity contribution is 7.99. The lowest BCUT2D eigenvalue weighted by atomic mass is 10.1. The number of carbonyl (C=O) groups excluding carboxylic acids is 1. The van der Waals surface area contributed by atoms with Gasteiger partial charge >= 0.3 is 0 Å². The zero-order chi connectivity index (χ0) is 20.8. The SMILES string of the molecule is CCn1c(CNc2ccc(Cl)cc2)nnc1SCC(=O)Nc1ccc(C)cc1C. The quantitative estimate of drug-likeness (QED) is 0.498. The number of nitrogens with zero attached hydrogens (tertiary/aromatic N) is 3. The molecule has 0 fully saturated rings. The normalized spacial score (nSPS) is 10.8. The van der Waals surface area contributed by atoms with E-state index in [1.54, 1.807) is 0 Å². The molecule has 0 saturated heterocycles. The molecular weight excluding hydrogens is 406 g/mol. The van der Waals surface area contributed by atoms with Gasteiger partial charge < -0.3 is 15.2 Å².